The van der Waals surface area contributed by atoms with E-state index in [0.29, 0.717) is 0 Å². The molecule has 154 valence electrons. The van der Waals surface area contributed by atoms with E-state index in [9.17, 15) is 4.79 Å². The number of hydrogen-bond donors (Lipinski definition) is 3. The fraction of sp³-hybridized carbons (Fsp3) is 0.250. The van der Waals surface area contributed by atoms with Crippen LogP contribution in [-0.2, 0) is 4.79 Å². The molecule has 1 aromatic heterocycles. The largest absolute Gasteiger partial charge is 0.491 e. The number of benzene rings is 2. The Morgan fingerprint density at radius 1 is 1.13 bits per heavy atom. The van der Waals surface area contributed by atoms with Crippen molar-refractivity contribution in [3.63, 3.8) is 0 Å². The van der Waals surface area contributed by atoms with Crippen molar-refractivity contribution in [1.29, 1.82) is 0 Å². The lowest BCUT2D eigenvalue weighted by Gasteiger charge is -2.23. The molecule has 1 aliphatic heterocycles. The molecule has 3 N–H and O–H groups in total. The minimum Gasteiger partial charge on any atom is -0.491 e. The van der Waals surface area contributed by atoms with Crippen LogP contribution in [0.3, 0.4) is 0 Å². The van der Waals surface area contributed by atoms with Crippen molar-refractivity contribution in [2.45, 2.75) is 39.8 Å². The van der Waals surface area contributed by atoms with Gasteiger partial charge in [-0.05, 0) is 62.2 Å². The maximum Gasteiger partial charge on any atom is 0.221 e. The molecule has 0 saturated heterocycles. The lowest BCUT2D eigenvalue weighted by atomic mass is 9.95. The predicted octanol–water partition coefficient (Wildman–Crippen LogP) is 5.18. The molecular formula is C24H26N4O2. The SMILES string of the molecule is CC(=O)Nc1cccc(C2=Cc3[nH]c(-c4cccc(OC(C)C)c4)nc3NC2C)c1. The molecule has 4 rings (SSSR count). The van der Waals surface area contributed by atoms with Crippen LogP contribution in [0.25, 0.3) is 23.0 Å². The first-order chi connectivity index (χ1) is 14.4. The number of amides is 1. The summed E-state index contributed by atoms with van der Waals surface area (Å²) < 4.78 is 5.81. The van der Waals surface area contributed by atoms with E-state index in [1.807, 2.05) is 62.4 Å². The van der Waals surface area contributed by atoms with Crippen LogP contribution in [0.5, 0.6) is 5.75 Å². The van der Waals surface area contributed by atoms with Gasteiger partial charge in [-0.3, -0.25) is 4.79 Å². The quantitative estimate of drug-likeness (QED) is 0.550. The number of nitrogens with zero attached hydrogens (tertiary/aromatic N) is 1. The molecule has 30 heavy (non-hydrogen) atoms. The maximum absolute atomic E-state index is 11.4. The van der Waals surface area contributed by atoms with Crippen molar-refractivity contribution in [2.24, 2.45) is 0 Å². The second-order valence-electron chi connectivity index (χ2n) is 7.77. The van der Waals surface area contributed by atoms with E-state index < -0.39 is 0 Å². The first-order valence-corrected chi connectivity index (χ1v) is 10.1. The number of carbonyl (C=O) groups is 1. The fourth-order valence-electron chi connectivity index (χ4n) is 3.60. The van der Waals surface area contributed by atoms with Crippen LogP contribution in [0, 0.1) is 0 Å². The summed E-state index contributed by atoms with van der Waals surface area (Å²) in [6, 6.07) is 15.9. The van der Waals surface area contributed by atoms with Gasteiger partial charge in [-0.2, -0.15) is 0 Å². The van der Waals surface area contributed by atoms with E-state index in [1.165, 1.54) is 6.92 Å². The average Bonchev–Trinajstić information content (AvgIpc) is 3.09. The maximum atomic E-state index is 11.4. The highest BCUT2D eigenvalue weighted by atomic mass is 16.5. The molecule has 6 nitrogen and oxygen atoms in total. The molecule has 2 heterocycles. The van der Waals surface area contributed by atoms with E-state index in [0.717, 1.165) is 45.5 Å². The van der Waals surface area contributed by atoms with Gasteiger partial charge in [0, 0.05) is 18.2 Å². The number of aromatic nitrogens is 2. The van der Waals surface area contributed by atoms with E-state index in [4.69, 9.17) is 9.72 Å². The van der Waals surface area contributed by atoms with Gasteiger partial charge in [0.1, 0.15) is 11.6 Å². The summed E-state index contributed by atoms with van der Waals surface area (Å²) in [7, 11) is 0. The Morgan fingerprint density at radius 2 is 1.90 bits per heavy atom. The molecular weight excluding hydrogens is 376 g/mol. The highest BCUT2D eigenvalue weighted by Gasteiger charge is 2.22. The van der Waals surface area contributed by atoms with Crippen molar-refractivity contribution in [1.82, 2.24) is 9.97 Å². The van der Waals surface area contributed by atoms with Gasteiger partial charge >= 0.3 is 0 Å². The van der Waals surface area contributed by atoms with Crippen molar-refractivity contribution in [2.75, 3.05) is 10.6 Å². The molecule has 0 aliphatic carbocycles. The Bertz CT molecular complexity index is 1110. The number of nitrogens with one attached hydrogen (secondary N) is 3. The average molecular weight is 402 g/mol. The van der Waals surface area contributed by atoms with Crippen LogP contribution in [0.2, 0.25) is 0 Å². The van der Waals surface area contributed by atoms with E-state index in [1.54, 1.807) is 0 Å². The molecule has 0 fully saturated rings. The smallest absolute Gasteiger partial charge is 0.221 e. The summed E-state index contributed by atoms with van der Waals surface area (Å²) in [5.41, 5.74) is 4.86. The van der Waals surface area contributed by atoms with Crippen LogP contribution in [0.4, 0.5) is 11.5 Å². The number of rotatable bonds is 5. The molecule has 0 bridgehead atoms. The lowest BCUT2D eigenvalue weighted by Crippen LogP contribution is -2.21. The number of imidazole rings is 1. The van der Waals surface area contributed by atoms with Crippen molar-refractivity contribution >= 4 is 29.1 Å². The zero-order valence-electron chi connectivity index (χ0n) is 17.6. The molecule has 2 aromatic carbocycles. The van der Waals surface area contributed by atoms with Crippen molar-refractivity contribution < 1.29 is 9.53 Å². The number of ether oxygens (including phenoxy) is 1. The van der Waals surface area contributed by atoms with Crippen molar-refractivity contribution in [3.05, 3.63) is 59.8 Å². The Hall–Kier alpha value is -3.54. The second kappa shape index (κ2) is 8.06. The predicted molar refractivity (Wildman–Crippen MR) is 121 cm³/mol. The lowest BCUT2D eigenvalue weighted by molar-refractivity contribution is -0.114. The molecule has 0 spiro atoms. The summed E-state index contributed by atoms with van der Waals surface area (Å²) in [5, 5.41) is 6.32. The minimum absolute atomic E-state index is 0.0804. The van der Waals surface area contributed by atoms with Crippen molar-refractivity contribution in [3.8, 4) is 17.1 Å². The first kappa shape index (κ1) is 19.8. The summed E-state index contributed by atoms with van der Waals surface area (Å²) in [6.07, 6.45) is 2.24. The molecule has 6 heteroatoms. The third-order valence-electron chi connectivity index (χ3n) is 4.85. The Labute approximate surface area is 176 Å². The number of anilines is 2. The zero-order chi connectivity index (χ0) is 21.3. The number of carbonyl (C=O) groups excluding carboxylic acids is 1. The summed E-state index contributed by atoms with van der Waals surface area (Å²) in [4.78, 5) is 19.6. The third kappa shape index (κ3) is 4.22. The van der Waals surface area contributed by atoms with Crippen LogP contribution in [-0.4, -0.2) is 28.0 Å². The van der Waals surface area contributed by atoms with Gasteiger partial charge in [0.2, 0.25) is 5.91 Å². The van der Waals surface area contributed by atoms with Gasteiger partial charge in [-0.1, -0.05) is 24.3 Å². The van der Waals surface area contributed by atoms with Crippen LogP contribution in [0.1, 0.15) is 39.0 Å². The van der Waals surface area contributed by atoms with E-state index >= 15 is 0 Å². The number of aromatic amines is 1. The standard InChI is InChI=1S/C24H26N4O2/c1-14(2)30-20-10-6-8-18(12-20)23-27-22-13-21(15(3)25-24(22)28-23)17-7-5-9-19(11-17)26-16(4)29/h5-15,25H,1-4H3,(H,26,29)(H,27,28). The Morgan fingerprint density at radius 3 is 2.67 bits per heavy atom. The van der Waals surface area contributed by atoms with Gasteiger partial charge < -0.3 is 20.4 Å². The number of H-pyrrole nitrogens is 1. The van der Waals surface area contributed by atoms with Gasteiger partial charge in [0.15, 0.2) is 5.82 Å². The van der Waals surface area contributed by atoms with Gasteiger partial charge in [0.05, 0.1) is 17.8 Å². The first-order valence-electron chi connectivity index (χ1n) is 10.1. The monoisotopic (exact) mass is 402 g/mol. The van der Waals surface area contributed by atoms with E-state index in [-0.39, 0.29) is 18.1 Å². The number of fused-ring (bicyclic) bond motifs is 1. The van der Waals surface area contributed by atoms with Crippen LogP contribution in [0.15, 0.2) is 48.5 Å². The second-order valence-corrected chi connectivity index (χ2v) is 7.77. The summed E-state index contributed by atoms with van der Waals surface area (Å²) >= 11 is 0. The molecule has 3 aromatic rings. The third-order valence-corrected chi connectivity index (χ3v) is 4.85. The Balaban J connectivity index is 1.66. The Kier molecular flexibility index (Phi) is 5.31. The summed E-state index contributed by atoms with van der Waals surface area (Å²) in [5.74, 6) is 2.36. The molecule has 1 unspecified atom stereocenters. The van der Waals surface area contributed by atoms with Gasteiger partial charge in [-0.25, -0.2) is 4.98 Å². The normalized spacial score (nSPS) is 15.2. The molecule has 1 atom stereocenters. The fourth-order valence-corrected chi connectivity index (χ4v) is 3.60. The van der Waals surface area contributed by atoms with Gasteiger partial charge in [0.25, 0.3) is 0 Å². The number of hydrogen-bond acceptors (Lipinski definition) is 4. The topological polar surface area (TPSA) is 79.0 Å². The molecule has 0 radical (unpaired) electrons. The van der Waals surface area contributed by atoms with Crippen LogP contribution >= 0.6 is 0 Å². The minimum atomic E-state index is -0.0832. The highest BCUT2D eigenvalue weighted by Crippen LogP contribution is 2.34. The zero-order valence-corrected chi connectivity index (χ0v) is 17.6. The van der Waals surface area contributed by atoms with E-state index in [2.05, 4.69) is 28.6 Å². The molecule has 1 amide bonds. The van der Waals surface area contributed by atoms with Gasteiger partial charge in [-0.15, -0.1) is 0 Å². The summed E-state index contributed by atoms with van der Waals surface area (Å²) in [6.45, 7) is 7.63. The molecule has 1 aliphatic rings. The highest BCUT2D eigenvalue weighted by molar-refractivity contribution is 5.93. The van der Waals surface area contributed by atoms with Crippen LogP contribution < -0.4 is 15.4 Å². The molecule has 0 saturated carbocycles.